The Hall–Kier alpha value is -1.28. The van der Waals surface area contributed by atoms with Crippen LogP contribution in [-0.2, 0) is 4.79 Å². The van der Waals surface area contributed by atoms with E-state index >= 15 is 0 Å². The van der Waals surface area contributed by atoms with Crippen LogP contribution >= 0.6 is 11.6 Å². The second-order valence-electron chi connectivity index (χ2n) is 5.62. The highest BCUT2D eigenvalue weighted by atomic mass is 35.5. The van der Waals surface area contributed by atoms with E-state index in [2.05, 4.69) is 37.4 Å². The minimum Gasteiger partial charge on any atom is -0.353 e. The lowest BCUT2D eigenvalue weighted by Crippen LogP contribution is -2.23. The number of hydrogen-bond donors (Lipinski definition) is 1. The molecule has 0 aromatic heterocycles. The van der Waals surface area contributed by atoms with E-state index in [1.165, 1.54) is 5.54 Å². The van der Waals surface area contributed by atoms with Crippen molar-refractivity contribution in [3.63, 3.8) is 0 Å². The van der Waals surface area contributed by atoms with Gasteiger partial charge in [-0.05, 0) is 38.5 Å². The minimum atomic E-state index is -0.00251. The van der Waals surface area contributed by atoms with Crippen molar-refractivity contribution >= 4 is 17.5 Å². The number of halogens is 1. The van der Waals surface area contributed by atoms with Crippen LogP contribution in [0.4, 0.5) is 0 Å². The standard InChI is InChI=1S/C18H28ClNO/c1-15(2)14-18(21)20-13-11-17(4)10-7-9-16(3)8-5-6-12-19/h5-8,10,12,14,16-17H,9,11,13H2,1-4H3,(H,20,21)/b8-5+,10-7+,12-6-. The second-order valence-corrected chi connectivity index (χ2v) is 5.88. The predicted molar refractivity (Wildman–Crippen MR) is 93.3 cm³/mol. The van der Waals surface area contributed by atoms with Gasteiger partial charge in [-0.25, -0.2) is 0 Å². The van der Waals surface area contributed by atoms with E-state index in [-0.39, 0.29) is 5.91 Å². The van der Waals surface area contributed by atoms with Gasteiger partial charge in [0.15, 0.2) is 0 Å². The number of hydrogen-bond acceptors (Lipinski definition) is 1. The summed E-state index contributed by atoms with van der Waals surface area (Å²) in [6.07, 6.45) is 13.9. The Kier molecular flexibility index (Phi) is 11.7. The van der Waals surface area contributed by atoms with Gasteiger partial charge in [-0.1, -0.05) is 61.4 Å². The molecule has 0 heterocycles. The molecule has 21 heavy (non-hydrogen) atoms. The Morgan fingerprint density at radius 2 is 1.86 bits per heavy atom. The van der Waals surface area contributed by atoms with Crippen molar-refractivity contribution in [2.75, 3.05) is 6.54 Å². The summed E-state index contributed by atoms with van der Waals surface area (Å²) in [6.45, 7) is 8.89. The van der Waals surface area contributed by atoms with Crippen molar-refractivity contribution in [1.82, 2.24) is 5.32 Å². The molecule has 2 nitrogen and oxygen atoms in total. The molecular weight excluding hydrogens is 282 g/mol. The van der Waals surface area contributed by atoms with Crippen molar-refractivity contribution in [1.29, 1.82) is 0 Å². The maximum absolute atomic E-state index is 11.4. The molecule has 1 amide bonds. The first-order valence-corrected chi connectivity index (χ1v) is 7.92. The maximum Gasteiger partial charge on any atom is 0.243 e. The van der Waals surface area contributed by atoms with Crippen molar-refractivity contribution in [3.8, 4) is 0 Å². The Morgan fingerprint density at radius 1 is 1.14 bits per heavy atom. The molecule has 0 bridgehead atoms. The minimum absolute atomic E-state index is 0.00251. The molecule has 0 aromatic rings. The van der Waals surface area contributed by atoms with E-state index < -0.39 is 0 Å². The zero-order valence-corrected chi connectivity index (χ0v) is 14.4. The molecule has 2 unspecified atom stereocenters. The van der Waals surface area contributed by atoms with Gasteiger partial charge in [0.2, 0.25) is 5.91 Å². The SMILES string of the molecule is CC(C)=CC(=O)NCCC(C)/C=C/CC(C)/C=C/C=C\Cl. The maximum atomic E-state index is 11.4. The van der Waals surface area contributed by atoms with Crippen LogP contribution in [0.5, 0.6) is 0 Å². The average molecular weight is 310 g/mol. The normalized spacial score (nSPS) is 14.7. The molecule has 0 aliphatic rings. The van der Waals surface area contributed by atoms with E-state index in [1.54, 1.807) is 6.08 Å². The summed E-state index contributed by atoms with van der Waals surface area (Å²) in [5, 5.41) is 2.90. The fourth-order valence-electron chi connectivity index (χ4n) is 1.73. The summed E-state index contributed by atoms with van der Waals surface area (Å²) in [4.78, 5) is 11.4. The van der Waals surface area contributed by atoms with Gasteiger partial charge < -0.3 is 5.32 Å². The van der Waals surface area contributed by atoms with E-state index in [4.69, 9.17) is 11.6 Å². The Morgan fingerprint density at radius 3 is 2.48 bits per heavy atom. The third-order valence-corrected chi connectivity index (χ3v) is 3.06. The molecule has 0 saturated carbocycles. The van der Waals surface area contributed by atoms with Crippen molar-refractivity contribution in [3.05, 3.63) is 47.6 Å². The third kappa shape index (κ3) is 13.5. The molecule has 0 rings (SSSR count). The van der Waals surface area contributed by atoms with Crippen molar-refractivity contribution in [2.24, 2.45) is 11.8 Å². The molecule has 2 atom stereocenters. The van der Waals surface area contributed by atoms with Gasteiger partial charge in [0, 0.05) is 18.2 Å². The quantitative estimate of drug-likeness (QED) is 0.363. The second kappa shape index (κ2) is 12.5. The van der Waals surface area contributed by atoms with Crippen LogP contribution in [-0.4, -0.2) is 12.5 Å². The van der Waals surface area contributed by atoms with E-state index in [0.717, 1.165) is 18.4 Å². The molecule has 118 valence electrons. The molecule has 0 aromatic carbocycles. The van der Waals surface area contributed by atoms with Crippen LogP contribution in [0.3, 0.4) is 0 Å². The molecule has 0 aliphatic carbocycles. The average Bonchev–Trinajstić information content (AvgIpc) is 2.38. The molecule has 0 radical (unpaired) electrons. The lowest BCUT2D eigenvalue weighted by Gasteiger charge is -2.07. The lowest BCUT2D eigenvalue weighted by molar-refractivity contribution is -0.116. The van der Waals surface area contributed by atoms with Crippen molar-refractivity contribution < 1.29 is 4.79 Å². The van der Waals surface area contributed by atoms with Gasteiger partial charge in [-0.3, -0.25) is 4.79 Å². The number of carbonyl (C=O) groups is 1. The van der Waals surface area contributed by atoms with Gasteiger partial charge in [-0.15, -0.1) is 0 Å². The van der Waals surface area contributed by atoms with Crippen LogP contribution in [0, 0.1) is 11.8 Å². The largest absolute Gasteiger partial charge is 0.353 e. The first kappa shape index (κ1) is 19.7. The fourth-order valence-corrected chi connectivity index (χ4v) is 1.82. The van der Waals surface area contributed by atoms with Crippen molar-refractivity contribution in [2.45, 2.75) is 40.5 Å². The summed E-state index contributed by atoms with van der Waals surface area (Å²) < 4.78 is 0. The Labute approximate surface area is 134 Å². The zero-order valence-electron chi connectivity index (χ0n) is 13.6. The third-order valence-electron chi connectivity index (χ3n) is 2.91. The van der Waals surface area contributed by atoms with Crippen LogP contribution in [0.25, 0.3) is 0 Å². The molecule has 0 aliphatic heterocycles. The number of allylic oxidation sites excluding steroid dienone is 6. The zero-order chi connectivity index (χ0) is 16.1. The van der Waals surface area contributed by atoms with Crippen LogP contribution in [0.1, 0.15) is 40.5 Å². The summed E-state index contributed by atoms with van der Waals surface area (Å²) in [6, 6.07) is 0. The predicted octanol–water partition coefficient (Wildman–Crippen LogP) is 4.99. The van der Waals surface area contributed by atoms with Gasteiger partial charge >= 0.3 is 0 Å². The van der Waals surface area contributed by atoms with Gasteiger partial charge in [0.1, 0.15) is 0 Å². The molecule has 0 spiro atoms. The smallest absolute Gasteiger partial charge is 0.243 e. The first-order chi connectivity index (χ1) is 9.95. The Balaban J connectivity index is 3.88. The summed E-state index contributed by atoms with van der Waals surface area (Å²) >= 11 is 5.45. The molecule has 3 heteroatoms. The molecule has 1 N–H and O–H groups in total. The monoisotopic (exact) mass is 309 g/mol. The van der Waals surface area contributed by atoms with Gasteiger partial charge in [0.25, 0.3) is 0 Å². The van der Waals surface area contributed by atoms with Gasteiger partial charge in [-0.2, -0.15) is 0 Å². The van der Waals surface area contributed by atoms with Crippen LogP contribution < -0.4 is 5.32 Å². The van der Waals surface area contributed by atoms with E-state index in [1.807, 2.05) is 26.0 Å². The highest BCUT2D eigenvalue weighted by Gasteiger charge is 2.00. The number of amides is 1. The highest BCUT2D eigenvalue weighted by molar-refractivity contribution is 6.25. The Bertz CT molecular complexity index is 403. The number of nitrogens with one attached hydrogen (secondary N) is 1. The summed E-state index contributed by atoms with van der Waals surface area (Å²) in [5.74, 6) is 0.965. The topological polar surface area (TPSA) is 29.1 Å². The highest BCUT2D eigenvalue weighted by Crippen LogP contribution is 2.09. The number of carbonyl (C=O) groups excluding carboxylic acids is 1. The van der Waals surface area contributed by atoms with Crippen LogP contribution in [0.15, 0.2) is 47.6 Å². The molecule has 0 fully saturated rings. The summed E-state index contributed by atoms with van der Waals surface area (Å²) in [7, 11) is 0. The van der Waals surface area contributed by atoms with Gasteiger partial charge in [0.05, 0.1) is 0 Å². The first-order valence-electron chi connectivity index (χ1n) is 7.48. The molecular formula is C18H28ClNO. The molecule has 0 saturated heterocycles. The van der Waals surface area contributed by atoms with E-state index in [9.17, 15) is 4.79 Å². The van der Waals surface area contributed by atoms with Crippen LogP contribution in [0.2, 0.25) is 0 Å². The lowest BCUT2D eigenvalue weighted by atomic mass is 10.0. The summed E-state index contributed by atoms with van der Waals surface area (Å²) in [5.41, 5.74) is 2.52. The van der Waals surface area contributed by atoms with E-state index in [0.29, 0.717) is 18.4 Å². The fraction of sp³-hybridized carbons (Fsp3) is 0.500. The number of rotatable bonds is 9.